The zero-order valence-corrected chi connectivity index (χ0v) is 21.0. The molecule has 1 N–H and O–H groups in total. The molecule has 0 bridgehead atoms. The number of carbonyl (C=O) groups is 1. The fourth-order valence-corrected chi connectivity index (χ4v) is 4.87. The molecule has 0 saturated carbocycles. The Bertz CT molecular complexity index is 1390. The first-order valence-corrected chi connectivity index (χ1v) is 12.1. The highest BCUT2D eigenvalue weighted by atomic mass is 16.5. The Morgan fingerprint density at radius 1 is 1.06 bits per heavy atom. The van der Waals surface area contributed by atoms with E-state index in [9.17, 15) is 4.79 Å². The van der Waals surface area contributed by atoms with Crippen molar-refractivity contribution < 1.29 is 14.1 Å². The summed E-state index contributed by atoms with van der Waals surface area (Å²) in [5.41, 5.74) is 6.66. The number of aryl methyl sites for hydroxylation is 2. The maximum atomic E-state index is 13.0. The summed E-state index contributed by atoms with van der Waals surface area (Å²) in [6.07, 6.45) is 1.08. The van der Waals surface area contributed by atoms with Crippen molar-refractivity contribution in [2.45, 2.75) is 26.2 Å². The molecule has 7 nitrogen and oxygen atoms in total. The molecule has 1 amide bonds. The van der Waals surface area contributed by atoms with Gasteiger partial charge in [-0.25, -0.2) is 0 Å². The Labute approximate surface area is 211 Å². The molecule has 0 radical (unpaired) electrons. The van der Waals surface area contributed by atoms with Crippen LogP contribution in [-0.2, 0) is 0 Å². The summed E-state index contributed by atoms with van der Waals surface area (Å²) in [7, 11) is 3.82. The van der Waals surface area contributed by atoms with Gasteiger partial charge in [-0.3, -0.25) is 4.79 Å². The highest BCUT2D eigenvalue weighted by molar-refractivity contribution is 6.04. The Hall–Kier alpha value is -3.97. The van der Waals surface area contributed by atoms with Crippen molar-refractivity contribution in [1.29, 1.82) is 0 Å². The van der Waals surface area contributed by atoms with Crippen LogP contribution in [0.15, 0.2) is 65.2 Å². The van der Waals surface area contributed by atoms with Crippen LogP contribution in [-0.4, -0.2) is 48.2 Å². The van der Waals surface area contributed by atoms with Crippen molar-refractivity contribution in [2.24, 2.45) is 0 Å². The number of aromatic nitrogens is 2. The van der Waals surface area contributed by atoms with Crippen molar-refractivity contribution in [1.82, 2.24) is 15.0 Å². The molecule has 7 heteroatoms. The van der Waals surface area contributed by atoms with Crippen molar-refractivity contribution in [2.75, 3.05) is 32.6 Å². The molecule has 4 aromatic rings. The Morgan fingerprint density at radius 2 is 1.83 bits per heavy atom. The average Bonchev–Trinajstić information content (AvgIpc) is 3.52. The van der Waals surface area contributed by atoms with Gasteiger partial charge < -0.3 is 19.5 Å². The van der Waals surface area contributed by atoms with E-state index in [-0.39, 0.29) is 5.91 Å². The Kier molecular flexibility index (Phi) is 6.57. The smallest absolute Gasteiger partial charge is 0.255 e. The summed E-state index contributed by atoms with van der Waals surface area (Å²) in [5.74, 6) is 2.25. The molecule has 1 aliphatic rings. The number of ether oxygens (including phenoxy) is 1. The first-order chi connectivity index (χ1) is 17.4. The molecular formula is C29H30N4O3. The van der Waals surface area contributed by atoms with Crippen LogP contribution in [0.1, 0.15) is 39.7 Å². The molecule has 1 unspecified atom stereocenters. The lowest BCUT2D eigenvalue weighted by Gasteiger charge is -2.17. The molecule has 1 aromatic heterocycles. The third-order valence-electron chi connectivity index (χ3n) is 6.79. The van der Waals surface area contributed by atoms with Gasteiger partial charge in [0, 0.05) is 41.8 Å². The predicted molar refractivity (Wildman–Crippen MR) is 140 cm³/mol. The first kappa shape index (κ1) is 23.8. The van der Waals surface area contributed by atoms with Crippen LogP contribution in [0.3, 0.4) is 0 Å². The van der Waals surface area contributed by atoms with Crippen LogP contribution in [0.4, 0.5) is 5.69 Å². The van der Waals surface area contributed by atoms with Crippen LogP contribution in [0.25, 0.3) is 22.5 Å². The molecule has 1 fully saturated rings. The van der Waals surface area contributed by atoms with Crippen molar-refractivity contribution in [3.63, 3.8) is 0 Å². The van der Waals surface area contributed by atoms with E-state index >= 15 is 0 Å². The van der Waals surface area contributed by atoms with E-state index in [1.54, 1.807) is 14.0 Å². The van der Waals surface area contributed by atoms with Gasteiger partial charge >= 0.3 is 0 Å². The zero-order chi connectivity index (χ0) is 25.2. The number of benzene rings is 3. The number of likely N-dealkylation sites (N-methyl/N-ethyl adjacent to an activating group) is 1. The van der Waals surface area contributed by atoms with Crippen LogP contribution < -0.4 is 10.1 Å². The van der Waals surface area contributed by atoms with Gasteiger partial charge in [-0.15, -0.1) is 0 Å². The largest absolute Gasteiger partial charge is 0.496 e. The maximum Gasteiger partial charge on any atom is 0.255 e. The molecule has 1 saturated heterocycles. The Balaban J connectivity index is 1.31. The lowest BCUT2D eigenvalue weighted by Crippen LogP contribution is -2.14. The molecule has 0 spiro atoms. The SMILES string of the molecule is COc1ccc(NC(=O)c2ccc(-c3ccc(-c4noc(C)n4)cc3C)cc2)cc1C1CCN(C)C1. The fourth-order valence-electron chi connectivity index (χ4n) is 4.87. The predicted octanol–water partition coefficient (Wildman–Crippen LogP) is 5.70. The van der Waals surface area contributed by atoms with Crippen LogP contribution in [0, 0.1) is 13.8 Å². The lowest BCUT2D eigenvalue weighted by atomic mass is 9.96. The molecule has 36 heavy (non-hydrogen) atoms. The highest BCUT2D eigenvalue weighted by Gasteiger charge is 2.24. The number of carbonyl (C=O) groups excluding carboxylic acids is 1. The topological polar surface area (TPSA) is 80.5 Å². The molecule has 184 valence electrons. The fraction of sp³-hybridized carbons (Fsp3) is 0.276. The summed E-state index contributed by atoms with van der Waals surface area (Å²) in [6, 6.07) is 19.6. The number of hydrogen-bond acceptors (Lipinski definition) is 6. The van der Waals surface area contributed by atoms with E-state index in [0.717, 1.165) is 58.8 Å². The van der Waals surface area contributed by atoms with Gasteiger partial charge in [-0.2, -0.15) is 4.98 Å². The molecule has 0 aliphatic carbocycles. The summed E-state index contributed by atoms with van der Waals surface area (Å²) < 4.78 is 10.7. The minimum Gasteiger partial charge on any atom is -0.496 e. The quantitative estimate of drug-likeness (QED) is 0.380. The van der Waals surface area contributed by atoms with Crippen molar-refractivity contribution in [3.8, 4) is 28.3 Å². The minimum absolute atomic E-state index is 0.138. The van der Waals surface area contributed by atoms with Gasteiger partial charge in [0.1, 0.15) is 5.75 Å². The van der Waals surface area contributed by atoms with Gasteiger partial charge in [-0.05, 0) is 80.0 Å². The van der Waals surface area contributed by atoms with Gasteiger partial charge in [0.2, 0.25) is 11.7 Å². The molecular weight excluding hydrogens is 452 g/mol. The second-order valence-electron chi connectivity index (χ2n) is 9.40. The second kappa shape index (κ2) is 9.95. The number of methoxy groups -OCH3 is 1. The van der Waals surface area contributed by atoms with Crippen LogP contribution >= 0.6 is 0 Å². The molecule has 1 aliphatic heterocycles. The molecule has 5 rings (SSSR count). The number of amides is 1. The number of likely N-dealkylation sites (tertiary alicyclic amines) is 1. The van der Waals surface area contributed by atoms with E-state index in [2.05, 4.69) is 34.3 Å². The van der Waals surface area contributed by atoms with Crippen molar-refractivity contribution >= 4 is 11.6 Å². The third-order valence-corrected chi connectivity index (χ3v) is 6.79. The number of nitrogens with one attached hydrogen (secondary N) is 1. The summed E-state index contributed by atoms with van der Waals surface area (Å²) >= 11 is 0. The van der Waals surface area contributed by atoms with Gasteiger partial charge in [0.15, 0.2) is 0 Å². The van der Waals surface area contributed by atoms with Crippen molar-refractivity contribution in [3.05, 3.63) is 83.2 Å². The molecule has 2 heterocycles. The van der Waals surface area contributed by atoms with E-state index in [1.807, 2.05) is 60.7 Å². The Morgan fingerprint density at radius 3 is 2.47 bits per heavy atom. The molecule has 1 atom stereocenters. The number of rotatable bonds is 6. The van der Waals surface area contributed by atoms with E-state index in [4.69, 9.17) is 9.26 Å². The number of nitrogens with zero attached hydrogens (tertiary/aromatic N) is 3. The number of hydrogen-bond donors (Lipinski definition) is 1. The summed E-state index contributed by atoms with van der Waals surface area (Å²) in [5, 5.41) is 7.05. The third kappa shape index (κ3) is 4.88. The monoisotopic (exact) mass is 482 g/mol. The standard InChI is InChI=1S/C29H30N4O3/c1-18-15-22(28-30-19(2)36-32-28)9-11-25(18)20-5-7-21(8-6-20)29(34)31-24-10-12-27(35-4)26(16-24)23-13-14-33(3)17-23/h5-12,15-16,23H,13-14,17H2,1-4H3,(H,31,34). The summed E-state index contributed by atoms with van der Waals surface area (Å²) in [4.78, 5) is 19.6. The normalized spacial score (nSPS) is 15.7. The van der Waals surface area contributed by atoms with Gasteiger partial charge in [0.25, 0.3) is 5.91 Å². The van der Waals surface area contributed by atoms with E-state index in [1.165, 1.54) is 0 Å². The number of anilines is 1. The second-order valence-corrected chi connectivity index (χ2v) is 9.40. The highest BCUT2D eigenvalue weighted by Crippen LogP contribution is 2.35. The average molecular weight is 483 g/mol. The minimum atomic E-state index is -0.138. The van der Waals surface area contributed by atoms with Gasteiger partial charge in [-0.1, -0.05) is 29.4 Å². The van der Waals surface area contributed by atoms with Crippen LogP contribution in [0.2, 0.25) is 0 Å². The zero-order valence-electron chi connectivity index (χ0n) is 21.0. The van der Waals surface area contributed by atoms with Crippen LogP contribution in [0.5, 0.6) is 5.75 Å². The van der Waals surface area contributed by atoms with Gasteiger partial charge in [0.05, 0.1) is 7.11 Å². The molecule has 3 aromatic carbocycles. The maximum absolute atomic E-state index is 13.0. The van der Waals surface area contributed by atoms with E-state index in [0.29, 0.717) is 23.2 Å². The lowest BCUT2D eigenvalue weighted by molar-refractivity contribution is 0.102. The summed E-state index contributed by atoms with van der Waals surface area (Å²) in [6.45, 7) is 5.88. The first-order valence-electron chi connectivity index (χ1n) is 12.1. The van der Waals surface area contributed by atoms with E-state index < -0.39 is 0 Å².